The Morgan fingerprint density at radius 3 is 2.90 bits per heavy atom. The Morgan fingerprint density at radius 2 is 2.50 bits per heavy atom. The molecule has 1 aliphatic heterocycles. The van der Waals surface area contributed by atoms with E-state index in [-0.39, 0.29) is 12.2 Å². The van der Waals surface area contributed by atoms with Gasteiger partial charge < -0.3 is 9.84 Å². The van der Waals surface area contributed by atoms with E-state index < -0.39 is 0 Å². The van der Waals surface area contributed by atoms with Crippen LogP contribution in [0.4, 0.5) is 0 Å². The first-order chi connectivity index (χ1) is 4.66. The molecular formula is C7H15BO2. The average molecular weight is 142 g/mol. The Balaban J connectivity index is 2.38. The molecule has 0 aliphatic carbocycles. The molecule has 3 heteroatoms. The molecule has 1 fully saturated rings. The molecule has 1 N–H and O–H groups in total. The molecule has 0 saturated carbocycles. The largest absolute Gasteiger partial charge is 0.396 e. The van der Waals surface area contributed by atoms with Crippen LogP contribution in [0.1, 0.15) is 26.2 Å². The van der Waals surface area contributed by atoms with E-state index in [0.29, 0.717) is 6.00 Å². The molecule has 58 valence electrons. The molecule has 1 saturated heterocycles. The lowest BCUT2D eigenvalue weighted by Crippen LogP contribution is -2.26. The molecule has 10 heavy (non-hydrogen) atoms. The van der Waals surface area contributed by atoms with Crippen molar-refractivity contribution < 1.29 is 9.84 Å². The summed E-state index contributed by atoms with van der Waals surface area (Å²) in [6, 6.07) is 0.386. The normalized spacial score (nSPS) is 40.4. The molecule has 1 rings (SSSR count). The van der Waals surface area contributed by atoms with Crippen LogP contribution in [0.15, 0.2) is 0 Å². The second kappa shape index (κ2) is 2.93. The van der Waals surface area contributed by atoms with Crippen molar-refractivity contribution in [2.45, 2.75) is 37.8 Å². The number of aliphatic hydroxyl groups is 1. The highest BCUT2D eigenvalue weighted by molar-refractivity contribution is 6.11. The van der Waals surface area contributed by atoms with Crippen molar-refractivity contribution in [2.75, 3.05) is 6.61 Å². The molecule has 0 bridgehead atoms. The molecule has 1 heterocycles. The average Bonchev–Trinajstić information content (AvgIpc) is 2.12. The van der Waals surface area contributed by atoms with Crippen molar-refractivity contribution in [3.05, 3.63) is 0 Å². The quantitative estimate of drug-likeness (QED) is 0.545. The second-order valence-electron chi connectivity index (χ2n) is 3.39. The summed E-state index contributed by atoms with van der Waals surface area (Å²) in [6.07, 6.45) is 3.00. The monoisotopic (exact) mass is 142 g/mol. The molecular weight excluding hydrogens is 127 g/mol. The summed E-state index contributed by atoms with van der Waals surface area (Å²) < 4.78 is 5.63. The van der Waals surface area contributed by atoms with Gasteiger partial charge in [-0.1, -0.05) is 0 Å². The van der Waals surface area contributed by atoms with E-state index in [1.165, 1.54) is 0 Å². The highest BCUT2D eigenvalue weighted by atomic mass is 16.5. The number of hydrogen-bond donors (Lipinski definition) is 1. The van der Waals surface area contributed by atoms with Gasteiger partial charge >= 0.3 is 0 Å². The summed E-state index contributed by atoms with van der Waals surface area (Å²) in [6.45, 7) is 2.32. The van der Waals surface area contributed by atoms with Gasteiger partial charge in [-0.15, -0.1) is 0 Å². The van der Waals surface area contributed by atoms with Gasteiger partial charge in [0.2, 0.25) is 0 Å². The van der Waals surface area contributed by atoms with Gasteiger partial charge in [-0.3, -0.25) is 0 Å². The second-order valence-corrected chi connectivity index (χ2v) is 3.39. The van der Waals surface area contributed by atoms with Crippen LogP contribution < -0.4 is 0 Å². The fourth-order valence-electron chi connectivity index (χ4n) is 1.53. The van der Waals surface area contributed by atoms with Crippen LogP contribution in [0.2, 0.25) is 0 Å². The first kappa shape index (κ1) is 8.09. The third kappa shape index (κ3) is 1.73. The third-order valence-corrected chi connectivity index (χ3v) is 2.21. The molecule has 2 atom stereocenters. The Morgan fingerprint density at radius 1 is 1.80 bits per heavy atom. The van der Waals surface area contributed by atoms with Gasteiger partial charge in [0.15, 0.2) is 0 Å². The molecule has 0 amide bonds. The fraction of sp³-hybridized carbons (Fsp3) is 1.00. The van der Waals surface area contributed by atoms with Crippen LogP contribution in [0.5, 0.6) is 0 Å². The molecule has 0 aromatic rings. The smallest absolute Gasteiger partial charge is 0.139 e. The summed E-state index contributed by atoms with van der Waals surface area (Å²) >= 11 is 0. The van der Waals surface area contributed by atoms with Crippen molar-refractivity contribution in [2.24, 2.45) is 0 Å². The maximum absolute atomic E-state index is 8.70. The summed E-state index contributed by atoms with van der Waals surface area (Å²) in [4.78, 5) is 0. The van der Waals surface area contributed by atoms with E-state index >= 15 is 0 Å². The molecule has 0 aromatic carbocycles. The topological polar surface area (TPSA) is 29.5 Å². The van der Waals surface area contributed by atoms with Crippen molar-refractivity contribution in [3.8, 4) is 0 Å². The zero-order valence-electron chi connectivity index (χ0n) is 6.76. The van der Waals surface area contributed by atoms with E-state index in [4.69, 9.17) is 9.84 Å². The Labute approximate surface area is 63.0 Å². The molecule has 1 aliphatic rings. The SMILES string of the molecule is B[C@H]1CC[C@](C)(CCO)O1. The Bertz CT molecular complexity index is 114. The summed E-state index contributed by atoms with van der Waals surface area (Å²) in [5.74, 6) is 0. The minimum absolute atomic E-state index is 0.0336. The van der Waals surface area contributed by atoms with Crippen LogP contribution in [0, 0.1) is 0 Å². The minimum atomic E-state index is -0.0336. The highest BCUT2D eigenvalue weighted by Crippen LogP contribution is 2.30. The van der Waals surface area contributed by atoms with Crippen molar-refractivity contribution in [3.63, 3.8) is 0 Å². The van der Waals surface area contributed by atoms with Gasteiger partial charge in [0, 0.05) is 12.6 Å². The third-order valence-electron chi connectivity index (χ3n) is 2.21. The van der Waals surface area contributed by atoms with E-state index in [0.717, 1.165) is 19.3 Å². The van der Waals surface area contributed by atoms with Gasteiger partial charge in [0.1, 0.15) is 7.85 Å². The fourth-order valence-corrected chi connectivity index (χ4v) is 1.53. The molecule has 0 aromatic heterocycles. The van der Waals surface area contributed by atoms with E-state index in [1.807, 2.05) is 0 Å². The zero-order valence-corrected chi connectivity index (χ0v) is 6.76. The Kier molecular flexibility index (Phi) is 2.37. The van der Waals surface area contributed by atoms with Gasteiger partial charge in [0.05, 0.1) is 5.60 Å². The van der Waals surface area contributed by atoms with Crippen molar-refractivity contribution in [1.29, 1.82) is 0 Å². The summed E-state index contributed by atoms with van der Waals surface area (Å²) in [7, 11) is 2.09. The lowest BCUT2D eigenvalue weighted by atomic mass is 9.94. The number of ether oxygens (including phenoxy) is 1. The molecule has 0 radical (unpaired) electrons. The van der Waals surface area contributed by atoms with Crippen LogP contribution in [-0.2, 0) is 4.74 Å². The van der Waals surface area contributed by atoms with Gasteiger partial charge in [0.25, 0.3) is 0 Å². The van der Waals surface area contributed by atoms with E-state index in [9.17, 15) is 0 Å². The zero-order chi connectivity index (χ0) is 7.61. The predicted molar refractivity (Wildman–Crippen MR) is 42.8 cm³/mol. The lowest BCUT2D eigenvalue weighted by Gasteiger charge is -2.22. The van der Waals surface area contributed by atoms with Crippen LogP contribution in [0.3, 0.4) is 0 Å². The lowest BCUT2D eigenvalue weighted by molar-refractivity contribution is -0.0136. The molecule has 0 unspecified atom stereocenters. The van der Waals surface area contributed by atoms with Crippen LogP contribution in [-0.4, -0.2) is 31.2 Å². The minimum Gasteiger partial charge on any atom is -0.396 e. The highest BCUT2D eigenvalue weighted by Gasteiger charge is 2.32. The number of hydrogen-bond acceptors (Lipinski definition) is 2. The van der Waals surface area contributed by atoms with Gasteiger partial charge in [-0.05, 0) is 26.2 Å². The molecule has 2 nitrogen and oxygen atoms in total. The predicted octanol–water partition coefficient (Wildman–Crippen LogP) is -0.103. The summed E-state index contributed by atoms with van der Waals surface area (Å²) in [5.41, 5.74) is -0.0336. The first-order valence-corrected chi connectivity index (χ1v) is 3.95. The Hall–Kier alpha value is -0.0151. The number of rotatable bonds is 2. The van der Waals surface area contributed by atoms with Crippen LogP contribution in [0.25, 0.3) is 0 Å². The van der Waals surface area contributed by atoms with E-state index in [2.05, 4.69) is 14.8 Å². The van der Waals surface area contributed by atoms with Crippen molar-refractivity contribution in [1.82, 2.24) is 0 Å². The molecule has 0 spiro atoms. The standard InChI is InChI=1S/C7H15BO2/c1-7(4-5-9)3-2-6(8)10-7/h6,9H,2-5,8H2,1H3/t6-,7-/m1/s1. The van der Waals surface area contributed by atoms with Crippen LogP contribution >= 0.6 is 0 Å². The maximum atomic E-state index is 8.70. The maximum Gasteiger partial charge on any atom is 0.139 e. The van der Waals surface area contributed by atoms with Crippen molar-refractivity contribution >= 4 is 7.85 Å². The van der Waals surface area contributed by atoms with Gasteiger partial charge in [-0.2, -0.15) is 0 Å². The summed E-state index contributed by atoms with van der Waals surface area (Å²) in [5, 5.41) is 8.70. The number of aliphatic hydroxyl groups excluding tert-OH is 1. The first-order valence-electron chi connectivity index (χ1n) is 3.95. The van der Waals surface area contributed by atoms with Gasteiger partial charge in [-0.25, -0.2) is 0 Å². The van der Waals surface area contributed by atoms with E-state index in [1.54, 1.807) is 0 Å².